The Kier molecular flexibility index (Phi) is 3.96. The highest BCUT2D eigenvalue weighted by Gasteiger charge is 2.19. The van der Waals surface area contributed by atoms with Gasteiger partial charge in [-0.25, -0.2) is 4.98 Å². The van der Waals surface area contributed by atoms with Gasteiger partial charge in [0, 0.05) is 25.8 Å². The molecule has 4 heteroatoms. The van der Waals surface area contributed by atoms with Crippen molar-refractivity contribution in [2.75, 3.05) is 25.0 Å². The zero-order chi connectivity index (χ0) is 12.1. The van der Waals surface area contributed by atoms with Crippen molar-refractivity contribution < 1.29 is 4.79 Å². The standard InChI is InChI=1S/C13H19N3O/c1-2-7-14-12-6-5-11(10-15-12)13(17)16-8-3-4-9-16/h5-6,10H,2-4,7-9H2,1H3,(H,14,15). The molecule has 4 nitrogen and oxygen atoms in total. The van der Waals surface area contributed by atoms with Gasteiger partial charge in [0.1, 0.15) is 5.82 Å². The summed E-state index contributed by atoms with van der Waals surface area (Å²) in [6.07, 6.45) is 4.97. The van der Waals surface area contributed by atoms with E-state index in [0.717, 1.165) is 44.7 Å². The highest BCUT2D eigenvalue weighted by molar-refractivity contribution is 5.94. The van der Waals surface area contributed by atoms with E-state index < -0.39 is 0 Å². The summed E-state index contributed by atoms with van der Waals surface area (Å²) in [5.74, 6) is 0.946. The molecule has 1 amide bonds. The zero-order valence-electron chi connectivity index (χ0n) is 10.3. The number of aromatic nitrogens is 1. The number of nitrogens with zero attached hydrogens (tertiary/aromatic N) is 2. The molecule has 1 saturated heterocycles. The second-order valence-electron chi connectivity index (χ2n) is 4.36. The van der Waals surface area contributed by atoms with Gasteiger partial charge in [0.05, 0.1) is 5.56 Å². The van der Waals surface area contributed by atoms with Gasteiger partial charge in [0.15, 0.2) is 0 Å². The van der Waals surface area contributed by atoms with Crippen molar-refractivity contribution in [2.45, 2.75) is 26.2 Å². The van der Waals surface area contributed by atoms with E-state index in [4.69, 9.17) is 0 Å². The summed E-state index contributed by atoms with van der Waals surface area (Å²) >= 11 is 0. The highest BCUT2D eigenvalue weighted by Crippen LogP contribution is 2.13. The van der Waals surface area contributed by atoms with Gasteiger partial charge in [-0.3, -0.25) is 4.79 Å². The number of pyridine rings is 1. The lowest BCUT2D eigenvalue weighted by atomic mass is 10.2. The Labute approximate surface area is 102 Å². The van der Waals surface area contributed by atoms with Crippen molar-refractivity contribution in [3.63, 3.8) is 0 Å². The molecular weight excluding hydrogens is 214 g/mol. The maximum atomic E-state index is 12.0. The van der Waals surface area contributed by atoms with Crippen LogP contribution in [0.3, 0.4) is 0 Å². The van der Waals surface area contributed by atoms with Crippen LogP contribution >= 0.6 is 0 Å². The van der Waals surface area contributed by atoms with E-state index in [-0.39, 0.29) is 5.91 Å². The molecule has 0 spiro atoms. The van der Waals surface area contributed by atoms with Crippen LogP contribution in [0, 0.1) is 0 Å². The van der Waals surface area contributed by atoms with E-state index in [0.29, 0.717) is 5.56 Å². The molecular formula is C13H19N3O. The molecule has 0 saturated carbocycles. The van der Waals surface area contributed by atoms with Crippen molar-refractivity contribution in [2.24, 2.45) is 0 Å². The van der Waals surface area contributed by atoms with E-state index >= 15 is 0 Å². The summed E-state index contributed by atoms with van der Waals surface area (Å²) in [6, 6.07) is 3.73. The summed E-state index contributed by atoms with van der Waals surface area (Å²) in [5.41, 5.74) is 0.689. The summed E-state index contributed by atoms with van der Waals surface area (Å²) in [5, 5.41) is 3.19. The van der Waals surface area contributed by atoms with Crippen LogP contribution < -0.4 is 5.32 Å². The molecule has 1 N–H and O–H groups in total. The van der Waals surface area contributed by atoms with Crippen LogP contribution in [0.1, 0.15) is 36.5 Å². The molecule has 92 valence electrons. The number of amides is 1. The van der Waals surface area contributed by atoms with E-state index in [1.54, 1.807) is 6.20 Å². The third-order valence-electron chi connectivity index (χ3n) is 2.96. The number of hydrogen-bond acceptors (Lipinski definition) is 3. The molecule has 1 fully saturated rings. The number of carbonyl (C=O) groups excluding carboxylic acids is 1. The molecule has 17 heavy (non-hydrogen) atoms. The largest absolute Gasteiger partial charge is 0.370 e. The Bertz CT molecular complexity index is 369. The molecule has 0 aromatic carbocycles. The minimum Gasteiger partial charge on any atom is -0.370 e. The average Bonchev–Trinajstić information content (AvgIpc) is 2.90. The summed E-state index contributed by atoms with van der Waals surface area (Å²) < 4.78 is 0. The molecule has 1 aromatic heterocycles. The first-order valence-electron chi connectivity index (χ1n) is 6.30. The molecule has 1 aliphatic heterocycles. The van der Waals surface area contributed by atoms with Crippen LogP contribution in [-0.2, 0) is 0 Å². The molecule has 0 unspecified atom stereocenters. The lowest BCUT2D eigenvalue weighted by Crippen LogP contribution is -2.27. The average molecular weight is 233 g/mol. The Morgan fingerprint density at radius 3 is 2.76 bits per heavy atom. The Balaban J connectivity index is 1.99. The molecule has 0 aliphatic carbocycles. The van der Waals surface area contributed by atoms with Crippen LogP contribution in [0.25, 0.3) is 0 Å². The molecule has 0 radical (unpaired) electrons. The lowest BCUT2D eigenvalue weighted by molar-refractivity contribution is 0.0792. The smallest absolute Gasteiger partial charge is 0.255 e. The van der Waals surface area contributed by atoms with Gasteiger partial charge in [0.2, 0.25) is 0 Å². The number of rotatable bonds is 4. The molecule has 0 bridgehead atoms. The predicted octanol–water partition coefficient (Wildman–Crippen LogP) is 2.14. The molecule has 1 aliphatic rings. The number of hydrogen-bond donors (Lipinski definition) is 1. The van der Waals surface area contributed by atoms with Crippen molar-refractivity contribution in [1.82, 2.24) is 9.88 Å². The topological polar surface area (TPSA) is 45.2 Å². The lowest BCUT2D eigenvalue weighted by Gasteiger charge is -2.15. The monoisotopic (exact) mass is 233 g/mol. The van der Waals surface area contributed by atoms with E-state index in [9.17, 15) is 4.79 Å². The first-order chi connectivity index (χ1) is 8.31. The summed E-state index contributed by atoms with van der Waals surface area (Å²) in [6.45, 7) is 4.79. The number of nitrogens with one attached hydrogen (secondary N) is 1. The van der Waals surface area contributed by atoms with Gasteiger partial charge in [-0.05, 0) is 31.4 Å². The molecule has 1 aromatic rings. The fraction of sp³-hybridized carbons (Fsp3) is 0.538. The maximum absolute atomic E-state index is 12.0. The SMILES string of the molecule is CCCNc1ccc(C(=O)N2CCCC2)cn1. The van der Waals surface area contributed by atoms with E-state index in [2.05, 4.69) is 17.2 Å². The van der Waals surface area contributed by atoms with Gasteiger partial charge in [-0.2, -0.15) is 0 Å². The van der Waals surface area contributed by atoms with Gasteiger partial charge in [-0.15, -0.1) is 0 Å². The highest BCUT2D eigenvalue weighted by atomic mass is 16.2. The number of likely N-dealkylation sites (tertiary alicyclic amines) is 1. The first kappa shape index (κ1) is 11.9. The van der Waals surface area contributed by atoms with Gasteiger partial charge >= 0.3 is 0 Å². The second-order valence-corrected chi connectivity index (χ2v) is 4.36. The first-order valence-corrected chi connectivity index (χ1v) is 6.30. The summed E-state index contributed by atoms with van der Waals surface area (Å²) in [4.78, 5) is 18.2. The molecule has 2 heterocycles. The van der Waals surface area contributed by atoms with Gasteiger partial charge in [0.25, 0.3) is 5.91 Å². The maximum Gasteiger partial charge on any atom is 0.255 e. The van der Waals surface area contributed by atoms with Crippen molar-refractivity contribution in [3.8, 4) is 0 Å². The fourth-order valence-corrected chi connectivity index (χ4v) is 1.98. The van der Waals surface area contributed by atoms with Gasteiger partial charge in [-0.1, -0.05) is 6.92 Å². The van der Waals surface area contributed by atoms with Crippen LogP contribution in [0.15, 0.2) is 18.3 Å². The van der Waals surface area contributed by atoms with Crippen molar-refractivity contribution >= 4 is 11.7 Å². The Morgan fingerprint density at radius 1 is 1.41 bits per heavy atom. The fourth-order valence-electron chi connectivity index (χ4n) is 1.98. The van der Waals surface area contributed by atoms with Crippen LogP contribution in [-0.4, -0.2) is 35.4 Å². The molecule has 0 atom stereocenters. The minimum atomic E-state index is 0.108. The van der Waals surface area contributed by atoms with E-state index in [1.165, 1.54) is 0 Å². The third-order valence-corrected chi connectivity index (χ3v) is 2.96. The predicted molar refractivity (Wildman–Crippen MR) is 68.2 cm³/mol. The second kappa shape index (κ2) is 5.66. The van der Waals surface area contributed by atoms with Gasteiger partial charge < -0.3 is 10.2 Å². The number of anilines is 1. The zero-order valence-corrected chi connectivity index (χ0v) is 10.3. The summed E-state index contributed by atoms with van der Waals surface area (Å²) in [7, 11) is 0. The Hall–Kier alpha value is -1.58. The normalized spacial score (nSPS) is 15.0. The van der Waals surface area contributed by atoms with Crippen molar-refractivity contribution in [1.29, 1.82) is 0 Å². The molecule has 2 rings (SSSR count). The van der Waals surface area contributed by atoms with Crippen molar-refractivity contribution in [3.05, 3.63) is 23.9 Å². The minimum absolute atomic E-state index is 0.108. The van der Waals surface area contributed by atoms with Crippen LogP contribution in [0.2, 0.25) is 0 Å². The number of carbonyl (C=O) groups is 1. The van der Waals surface area contributed by atoms with Crippen LogP contribution in [0.4, 0.5) is 5.82 Å². The van der Waals surface area contributed by atoms with Crippen LogP contribution in [0.5, 0.6) is 0 Å². The Morgan fingerprint density at radius 2 is 2.18 bits per heavy atom. The van der Waals surface area contributed by atoms with E-state index in [1.807, 2.05) is 17.0 Å². The third kappa shape index (κ3) is 2.96. The quantitative estimate of drug-likeness (QED) is 0.866.